The van der Waals surface area contributed by atoms with E-state index in [1.54, 1.807) is 16.4 Å². The van der Waals surface area contributed by atoms with E-state index in [2.05, 4.69) is 0 Å². The van der Waals surface area contributed by atoms with E-state index in [9.17, 15) is 12.6 Å². The highest BCUT2D eigenvalue weighted by Gasteiger charge is 2.51. The van der Waals surface area contributed by atoms with Crippen LogP contribution in [0.2, 0.25) is 0 Å². The maximum Gasteiger partial charge on any atom is 0.243 e. The van der Waals surface area contributed by atoms with Gasteiger partial charge in [0.05, 0.1) is 15.9 Å². The zero-order chi connectivity index (χ0) is 18.2. The molecule has 1 saturated heterocycles. The second kappa shape index (κ2) is 7.10. The fraction of sp³-hybridized carbons (Fsp3) is 0.667. The smallest absolute Gasteiger partial charge is 0.243 e. The Morgan fingerprint density at radius 1 is 1.28 bits per heavy atom. The van der Waals surface area contributed by atoms with Gasteiger partial charge in [0.1, 0.15) is 0 Å². The van der Waals surface area contributed by atoms with Crippen LogP contribution >= 0.6 is 0 Å². The van der Waals surface area contributed by atoms with Crippen LogP contribution in [-0.2, 0) is 21.0 Å². The lowest BCUT2D eigenvalue weighted by Crippen LogP contribution is -2.60. The number of hydrogen-bond acceptors (Lipinski definition) is 3. The molecule has 2 unspecified atom stereocenters. The third kappa shape index (κ3) is 3.70. The summed E-state index contributed by atoms with van der Waals surface area (Å²) in [6, 6.07) is 7.11. The van der Waals surface area contributed by atoms with Gasteiger partial charge in [-0.15, -0.1) is 0 Å². The predicted molar refractivity (Wildman–Crippen MR) is 101 cm³/mol. The lowest BCUT2D eigenvalue weighted by atomic mass is 9.69. The third-order valence-corrected chi connectivity index (χ3v) is 8.90. The van der Waals surface area contributed by atoms with E-state index in [-0.39, 0.29) is 16.7 Å². The highest BCUT2D eigenvalue weighted by molar-refractivity contribution is 7.89. The van der Waals surface area contributed by atoms with Crippen LogP contribution in [0.1, 0.15) is 51.0 Å². The molecule has 1 aliphatic carbocycles. The van der Waals surface area contributed by atoms with Gasteiger partial charge >= 0.3 is 0 Å². The molecule has 5 nitrogen and oxygen atoms in total. The molecule has 3 atom stereocenters. The quantitative estimate of drug-likeness (QED) is 0.847. The fourth-order valence-corrected chi connectivity index (χ4v) is 6.54. The van der Waals surface area contributed by atoms with Gasteiger partial charge in [-0.05, 0) is 70.4 Å². The van der Waals surface area contributed by atoms with Crippen molar-refractivity contribution in [3.63, 3.8) is 0 Å². The molecule has 1 aromatic rings. The molecule has 1 aromatic carbocycles. The molecule has 0 aromatic heterocycles. The number of nitrogens with zero attached hydrogens (tertiary/aromatic N) is 1. The molecule has 2 fully saturated rings. The highest BCUT2D eigenvalue weighted by Crippen LogP contribution is 2.48. The van der Waals surface area contributed by atoms with E-state index in [0.717, 1.165) is 37.7 Å². The van der Waals surface area contributed by atoms with Crippen LogP contribution in [0.4, 0.5) is 0 Å². The number of nitrogens with two attached hydrogens (primary N) is 1. The zero-order valence-electron chi connectivity index (χ0n) is 15.0. The first kappa shape index (κ1) is 19.0. The van der Waals surface area contributed by atoms with Crippen LogP contribution in [0.25, 0.3) is 0 Å². The second-order valence-electron chi connectivity index (χ2n) is 7.71. The van der Waals surface area contributed by atoms with Crippen molar-refractivity contribution in [2.45, 2.75) is 68.1 Å². The minimum absolute atomic E-state index is 0.107. The van der Waals surface area contributed by atoms with Gasteiger partial charge in [0, 0.05) is 17.3 Å². The second-order valence-corrected chi connectivity index (χ2v) is 11.0. The number of aryl methyl sites for hydroxylation is 1. The molecule has 0 amide bonds. The molecule has 140 valence electrons. The van der Waals surface area contributed by atoms with Crippen molar-refractivity contribution in [3.05, 3.63) is 29.8 Å². The molecule has 1 saturated carbocycles. The van der Waals surface area contributed by atoms with Crippen LogP contribution in [0.3, 0.4) is 0 Å². The summed E-state index contributed by atoms with van der Waals surface area (Å²) in [5.41, 5.74) is 0.846. The maximum atomic E-state index is 13.3. The molecule has 2 N–H and O–H groups in total. The topological polar surface area (TPSA) is 80.5 Å². The first-order valence-electron chi connectivity index (χ1n) is 8.99. The van der Waals surface area contributed by atoms with E-state index >= 15 is 0 Å². The van der Waals surface area contributed by atoms with Crippen LogP contribution in [0, 0.1) is 12.8 Å². The van der Waals surface area contributed by atoms with Crippen molar-refractivity contribution in [1.82, 2.24) is 4.31 Å². The van der Waals surface area contributed by atoms with Crippen LogP contribution in [0.15, 0.2) is 29.2 Å². The summed E-state index contributed by atoms with van der Waals surface area (Å²) in [7, 11) is -4.87. The Morgan fingerprint density at radius 2 is 1.92 bits per heavy atom. The number of sulfonamides is 1. The van der Waals surface area contributed by atoms with Crippen LogP contribution < -0.4 is 5.14 Å². The normalized spacial score (nSPS) is 26.1. The van der Waals surface area contributed by atoms with Gasteiger partial charge in [0.15, 0.2) is 0 Å². The number of piperidine rings is 1. The molecule has 0 bridgehead atoms. The van der Waals surface area contributed by atoms with Gasteiger partial charge in [-0.3, -0.25) is 5.14 Å². The van der Waals surface area contributed by atoms with Gasteiger partial charge in [-0.25, -0.2) is 12.6 Å². The van der Waals surface area contributed by atoms with Crippen molar-refractivity contribution in [3.8, 4) is 0 Å². The Balaban J connectivity index is 1.86. The Kier molecular flexibility index (Phi) is 5.40. The number of hydrogen-bond donors (Lipinski definition) is 1. The molecule has 7 heteroatoms. The molecule has 3 rings (SSSR count). The Bertz CT molecular complexity index is 742. The summed E-state index contributed by atoms with van der Waals surface area (Å²) in [6.07, 6.45) is 5.58. The van der Waals surface area contributed by atoms with Crippen molar-refractivity contribution in [2.24, 2.45) is 11.1 Å². The van der Waals surface area contributed by atoms with Crippen molar-refractivity contribution < 1.29 is 12.6 Å². The Morgan fingerprint density at radius 3 is 2.44 bits per heavy atom. The molecule has 25 heavy (non-hydrogen) atoms. The highest BCUT2D eigenvalue weighted by atomic mass is 32.2. The third-order valence-electron chi connectivity index (χ3n) is 5.93. The number of rotatable bonds is 5. The minimum Gasteiger partial charge on any atom is -0.252 e. The Labute approximate surface area is 153 Å². The average molecular weight is 385 g/mol. The van der Waals surface area contributed by atoms with Crippen LogP contribution in [0.5, 0.6) is 0 Å². The molecule has 1 aliphatic heterocycles. The van der Waals surface area contributed by atoms with E-state index in [4.69, 9.17) is 5.14 Å². The summed E-state index contributed by atoms with van der Waals surface area (Å²) in [5, 5.41) is 5.40. The van der Waals surface area contributed by atoms with Gasteiger partial charge in [0.25, 0.3) is 0 Å². The summed E-state index contributed by atoms with van der Waals surface area (Å²) >= 11 is 0. The van der Waals surface area contributed by atoms with E-state index in [1.165, 1.54) is 0 Å². The number of benzene rings is 1. The molecule has 2 aliphatic rings. The monoisotopic (exact) mass is 384 g/mol. The first-order valence-corrected chi connectivity index (χ1v) is 11.7. The van der Waals surface area contributed by atoms with E-state index < -0.39 is 21.0 Å². The maximum absolute atomic E-state index is 13.3. The Hall–Kier alpha value is -0.760. The van der Waals surface area contributed by atoms with E-state index in [0.29, 0.717) is 17.9 Å². The first-order chi connectivity index (χ1) is 11.7. The minimum atomic E-state index is -3.51. The SMILES string of the molecule is Cc1ccc(S(=O)(=O)N2C[C@H](CC(C)S(N)=O)CCC23CCC3)cc1. The summed E-state index contributed by atoms with van der Waals surface area (Å²) in [4.78, 5) is 0.375. The molecule has 1 spiro atoms. The lowest BCUT2D eigenvalue weighted by molar-refractivity contribution is 0.0249. The lowest BCUT2D eigenvalue weighted by Gasteiger charge is -2.54. The standard InChI is InChI=1S/C18H28N2O3S2/c1-14-4-6-17(7-5-14)25(22,23)20-13-16(12-15(2)24(19)21)8-11-18(20)9-3-10-18/h4-7,15-16H,3,8-13,19H2,1-2H3/t15?,16-,24?/m0/s1. The average Bonchev–Trinajstić information content (AvgIpc) is 2.53. The van der Waals surface area contributed by atoms with Gasteiger partial charge in [0.2, 0.25) is 10.0 Å². The van der Waals surface area contributed by atoms with Gasteiger partial charge in [-0.2, -0.15) is 4.31 Å². The van der Waals surface area contributed by atoms with Crippen LogP contribution in [-0.4, -0.2) is 34.3 Å². The molecule has 1 heterocycles. The van der Waals surface area contributed by atoms with E-state index in [1.807, 2.05) is 26.0 Å². The largest absolute Gasteiger partial charge is 0.252 e. The molecular formula is C18H28N2O3S2. The molecule has 0 radical (unpaired) electrons. The summed E-state index contributed by atoms with van der Waals surface area (Å²) in [6.45, 7) is 4.34. The van der Waals surface area contributed by atoms with Crippen molar-refractivity contribution >= 4 is 21.0 Å². The predicted octanol–water partition coefficient (Wildman–Crippen LogP) is 2.72. The van der Waals surface area contributed by atoms with Gasteiger partial charge in [-0.1, -0.05) is 17.7 Å². The van der Waals surface area contributed by atoms with Crippen molar-refractivity contribution in [1.29, 1.82) is 0 Å². The van der Waals surface area contributed by atoms with Crippen molar-refractivity contribution in [2.75, 3.05) is 6.54 Å². The summed E-state index contributed by atoms with van der Waals surface area (Å²) < 4.78 is 39.9. The van der Waals surface area contributed by atoms with Gasteiger partial charge < -0.3 is 0 Å². The fourth-order valence-electron chi connectivity index (χ4n) is 4.15. The summed E-state index contributed by atoms with van der Waals surface area (Å²) in [5.74, 6) is 0.217. The molecular weight excluding hydrogens is 356 g/mol. The zero-order valence-corrected chi connectivity index (χ0v) is 16.6.